The van der Waals surface area contributed by atoms with Gasteiger partial charge in [-0.05, 0) is 24.8 Å². The Kier molecular flexibility index (Phi) is 22.2. The third-order valence-electron chi connectivity index (χ3n) is 7.30. The first-order valence-corrected chi connectivity index (χ1v) is 15.3. The van der Waals surface area contributed by atoms with Crippen molar-refractivity contribution in [2.75, 3.05) is 0 Å². The fraction of sp³-hybridized carbons (Fsp3) is 0.844. The molecule has 0 radical (unpaired) electrons. The molecule has 1 aromatic heterocycles. The van der Waals surface area contributed by atoms with Crippen molar-refractivity contribution in [3.8, 4) is 0 Å². The Balaban J connectivity index is 1.87. The van der Waals surface area contributed by atoms with E-state index in [0.717, 1.165) is 0 Å². The molecule has 0 fully saturated rings. The second-order valence-corrected chi connectivity index (χ2v) is 10.6. The van der Waals surface area contributed by atoms with E-state index in [4.69, 9.17) is 0 Å². The van der Waals surface area contributed by atoms with Crippen LogP contribution in [-0.2, 0) is 13.0 Å². The maximum absolute atomic E-state index is 2.38. The van der Waals surface area contributed by atoms with Gasteiger partial charge in [0.25, 0.3) is 0 Å². The summed E-state index contributed by atoms with van der Waals surface area (Å²) in [5.74, 6) is 0. The van der Waals surface area contributed by atoms with Crippen molar-refractivity contribution in [1.29, 1.82) is 0 Å². The number of rotatable bonds is 25. The molecule has 0 spiro atoms. The zero-order valence-corrected chi connectivity index (χ0v) is 22.9. The summed E-state index contributed by atoms with van der Waals surface area (Å²) in [4.78, 5) is 0. The summed E-state index contributed by atoms with van der Waals surface area (Å²) in [5.41, 5.74) is 1.53. The SMILES string of the molecule is CCCCCCCCCCCCCCCCc1cc[n+](CCCCCCCCCCC)cc1. The lowest BCUT2D eigenvalue weighted by molar-refractivity contribution is -0.697. The van der Waals surface area contributed by atoms with Gasteiger partial charge in [0.1, 0.15) is 6.54 Å². The summed E-state index contributed by atoms with van der Waals surface area (Å²) in [6.07, 6.45) is 38.8. The molecule has 0 amide bonds. The van der Waals surface area contributed by atoms with Crippen LogP contribution in [0.3, 0.4) is 0 Å². The first kappa shape index (κ1) is 30.2. The van der Waals surface area contributed by atoms with Crippen molar-refractivity contribution in [3.63, 3.8) is 0 Å². The minimum Gasteiger partial charge on any atom is -0.205 e. The van der Waals surface area contributed by atoms with E-state index in [1.165, 1.54) is 166 Å². The smallest absolute Gasteiger partial charge is 0.169 e. The third kappa shape index (κ3) is 20.3. The molecule has 33 heavy (non-hydrogen) atoms. The van der Waals surface area contributed by atoms with Crippen LogP contribution in [0.1, 0.15) is 167 Å². The molecule has 0 bridgehead atoms. The fourth-order valence-electron chi connectivity index (χ4n) is 4.93. The molecule has 192 valence electrons. The lowest BCUT2D eigenvalue weighted by atomic mass is 10.0. The predicted octanol–water partition coefficient (Wildman–Crippen LogP) is 10.5. The molecule has 0 aromatic carbocycles. The van der Waals surface area contributed by atoms with Crippen molar-refractivity contribution in [3.05, 3.63) is 30.1 Å². The van der Waals surface area contributed by atoms with Crippen LogP contribution in [0.25, 0.3) is 0 Å². The average molecular weight is 459 g/mol. The molecule has 1 heterocycles. The second kappa shape index (κ2) is 24.3. The molecule has 1 aromatic rings. The van der Waals surface area contributed by atoms with Crippen molar-refractivity contribution in [2.24, 2.45) is 0 Å². The number of hydrogen-bond donors (Lipinski definition) is 0. The number of nitrogens with zero attached hydrogens (tertiary/aromatic N) is 1. The van der Waals surface area contributed by atoms with Crippen LogP contribution in [0.15, 0.2) is 24.5 Å². The molecule has 0 aliphatic carbocycles. The Morgan fingerprint density at radius 2 is 0.758 bits per heavy atom. The standard InChI is InChI=1S/C32H60N/c1-3-5-7-9-11-13-14-15-16-17-18-20-22-24-26-32-27-30-33(31-28-32)29-25-23-21-19-12-10-8-6-4-2/h27-28,30-31H,3-26,29H2,1-2H3/q+1. The van der Waals surface area contributed by atoms with Gasteiger partial charge in [-0.15, -0.1) is 0 Å². The Bertz CT molecular complexity index is 492. The largest absolute Gasteiger partial charge is 0.205 e. The second-order valence-electron chi connectivity index (χ2n) is 10.6. The van der Waals surface area contributed by atoms with Gasteiger partial charge < -0.3 is 0 Å². The van der Waals surface area contributed by atoms with Gasteiger partial charge in [0, 0.05) is 18.6 Å². The molecule has 0 saturated carbocycles. The summed E-state index contributed by atoms with van der Waals surface area (Å²) in [5, 5.41) is 0. The molecule has 1 heteroatoms. The lowest BCUT2D eigenvalue weighted by Gasteiger charge is -2.04. The van der Waals surface area contributed by atoms with E-state index < -0.39 is 0 Å². The molecule has 1 nitrogen and oxygen atoms in total. The molecule has 0 aliphatic rings. The van der Waals surface area contributed by atoms with E-state index in [0.29, 0.717) is 0 Å². The first-order chi connectivity index (χ1) is 16.4. The highest BCUT2D eigenvalue weighted by molar-refractivity contribution is 5.07. The van der Waals surface area contributed by atoms with Crippen LogP contribution in [-0.4, -0.2) is 0 Å². The lowest BCUT2D eigenvalue weighted by Crippen LogP contribution is -2.32. The minimum atomic E-state index is 1.19. The van der Waals surface area contributed by atoms with Crippen molar-refractivity contribution < 1.29 is 4.57 Å². The maximum atomic E-state index is 2.38. The van der Waals surface area contributed by atoms with Gasteiger partial charge in [-0.2, -0.15) is 0 Å². The van der Waals surface area contributed by atoms with E-state index >= 15 is 0 Å². The fourth-order valence-corrected chi connectivity index (χ4v) is 4.93. The number of hydrogen-bond acceptors (Lipinski definition) is 0. The van der Waals surface area contributed by atoms with E-state index in [1.807, 2.05) is 0 Å². The minimum absolute atomic E-state index is 1.19. The molecule has 1 rings (SSSR count). The van der Waals surface area contributed by atoms with Crippen LogP contribution in [0.5, 0.6) is 0 Å². The summed E-state index contributed by atoms with van der Waals surface area (Å²) >= 11 is 0. The molecular formula is C32H60N+. The molecule has 0 aliphatic heterocycles. The van der Waals surface area contributed by atoms with Crippen LogP contribution in [0.4, 0.5) is 0 Å². The number of aryl methyl sites for hydroxylation is 2. The number of pyridine rings is 1. The highest BCUT2D eigenvalue weighted by Crippen LogP contribution is 2.14. The van der Waals surface area contributed by atoms with Crippen molar-refractivity contribution >= 4 is 0 Å². The maximum Gasteiger partial charge on any atom is 0.169 e. The van der Waals surface area contributed by atoms with Gasteiger partial charge in [-0.25, -0.2) is 4.57 Å². The van der Waals surface area contributed by atoms with Crippen LogP contribution < -0.4 is 4.57 Å². The monoisotopic (exact) mass is 458 g/mol. The summed E-state index contributed by atoms with van der Waals surface area (Å²) in [7, 11) is 0. The quantitative estimate of drug-likeness (QED) is 0.101. The summed E-state index contributed by atoms with van der Waals surface area (Å²) < 4.78 is 2.38. The van der Waals surface area contributed by atoms with Gasteiger partial charge in [-0.3, -0.25) is 0 Å². The van der Waals surface area contributed by atoms with Gasteiger partial charge in [0.05, 0.1) is 0 Å². The van der Waals surface area contributed by atoms with Crippen LogP contribution in [0, 0.1) is 0 Å². The molecule has 0 unspecified atom stereocenters. The van der Waals surface area contributed by atoms with E-state index in [9.17, 15) is 0 Å². The number of unbranched alkanes of at least 4 members (excludes halogenated alkanes) is 21. The Labute approximate surface area is 209 Å². The number of aromatic nitrogens is 1. The predicted molar refractivity (Wildman–Crippen MR) is 148 cm³/mol. The third-order valence-corrected chi connectivity index (χ3v) is 7.30. The van der Waals surface area contributed by atoms with E-state index in [1.54, 1.807) is 0 Å². The zero-order chi connectivity index (χ0) is 23.7. The molecular weight excluding hydrogens is 398 g/mol. The van der Waals surface area contributed by atoms with Gasteiger partial charge in [-0.1, -0.05) is 142 Å². The van der Waals surface area contributed by atoms with Crippen molar-refractivity contribution in [1.82, 2.24) is 0 Å². The summed E-state index contributed by atoms with van der Waals surface area (Å²) in [6, 6.07) is 4.71. The molecule has 0 N–H and O–H groups in total. The normalized spacial score (nSPS) is 11.3. The Morgan fingerprint density at radius 1 is 0.424 bits per heavy atom. The first-order valence-electron chi connectivity index (χ1n) is 15.3. The van der Waals surface area contributed by atoms with E-state index in [2.05, 4.69) is 42.9 Å². The van der Waals surface area contributed by atoms with Gasteiger partial charge in [0.15, 0.2) is 12.4 Å². The average Bonchev–Trinajstić information content (AvgIpc) is 2.84. The van der Waals surface area contributed by atoms with Gasteiger partial charge >= 0.3 is 0 Å². The highest BCUT2D eigenvalue weighted by Gasteiger charge is 2.02. The summed E-state index contributed by atoms with van der Waals surface area (Å²) in [6.45, 7) is 5.79. The molecule has 0 saturated heterocycles. The van der Waals surface area contributed by atoms with Crippen molar-refractivity contribution in [2.45, 2.75) is 174 Å². The van der Waals surface area contributed by atoms with Crippen LogP contribution in [0.2, 0.25) is 0 Å². The highest BCUT2D eigenvalue weighted by atomic mass is 14.9. The Morgan fingerprint density at radius 3 is 1.15 bits per heavy atom. The topological polar surface area (TPSA) is 3.88 Å². The van der Waals surface area contributed by atoms with Crippen LogP contribution >= 0.6 is 0 Å². The molecule has 0 atom stereocenters. The van der Waals surface area contributed by atoms with Gasteiger partial charge in [0.2, 0.25) is 0 Å². The van der Waals surface area contributed by atoms with E-state index in [-0.39, 0.29) is 0 Å². The zero-order valence-electron chi connectivity index (χ0n) is 22.9. The Hall–Kier alpha value is -0.850.